The van der Waals surface area contributed by atoms with E-state index in [0.29, 0.717) is 5.56 Å². The van der Waals surface area contributed by atoms with E-state index in [1.165, 1.54) is 0 Å². The average molecular weight is 248 g/mol. The molecule has 0 aliphatic carbocycles. The lowest BCUT2D eigenvalue weighted by Crippen LogP contribution is -2.03. The molecule has 0 radical (unpaired) electrons. The van der Waals surface area contributed by atoms with Crippen molar-refractivity contribution in [1.82, 2.24) is 0 Å². The van der Waals surface area contributed by atoms with Crippen molar-refractivity contribution >= 4 is 11.0 Å². The largest absolute Gasteiger partial charge is 0.422 e. The number of aryl methyl sites for hydroxylation is 2. The van der Waals surface area contributed by atoms with Gasteiger partial charge in [-0.15, -0.1) is 0 Å². The summed E-state index contributed by atoms with van der Waals surface area (Å²) < 4.78 is 5.32. The minimum atomic E-state index is -0.231. The second-order valence-electron chi connectivity index (χ2n) is 4.12. The molecule has 0 bridgehead atoms. The molecule has 0 saturated carbocycles. The molecule has 0 aliphatic heterocycles. The van der Waals surface area contributed by atoms with E-state index in [2.05, 4.69) is 6.92 Å². The number of rotatable bonds is 2. The van der Waals surface area contributed by atoms with Crippen LogP contribution >= 0.6 is 0 Å². The minimum Gasteiger partial charge on any atom is -0.422 e. The Hall–Kier alpha value is -1.61. The first-order valence-corrected chi connectivity index (χ1v) is 6.27. The van der Waals surface area contributed by atoms with Gasteiger partial charge in [0.05, 0.1) is 0 Å². The summed E-state index contributed by atoms with van der Waals surface area (Å²) in [5, 5.41) is 8.58. The van der Waals surface area contributed by atoms with Gasteiger partial charge in [-0.05, 0) is 31.9 Å². The molecular weight excluding hydrogens is 228 g/mol. The molecule has 0 spiro atoms. The van der Waals surface area contributed by atoms with Gasteiger partial charge in [0, 0.05) is 17.6 Å². The molecule has 18 heavy (non-hydrogen) atoms. The van der Waals surface area contributed by atoms with Crippen LogP contribution in [0.2, 0.25) is 0 Å². The molecule has 0 saturated heterocycles. The van der Waals surface area contributed by atoms with E-state index < -0.39 is 0 Å². The van der Waals surface area contributed by atoms with Crippen LogP contribution in [-0.4, -0.2) is 11.7 Å². The van der Waals surface area contributed by atoms with Crippen molar-refractivity contribution in [2.45, 2.75) is 33.6 Å². The molecule has 1 N–H and O–H groups in total. The maximum Gasteiger partial charge on any atom is 0.339 e. The van der Waals surface area contributed by atoms with E-state index in [1.54, 1.807) is 13.8 Å². The molecule has 0 fully saturated rings. The van der Waals surface area contributed by atoms with E-state index in [0.717, 1.165) is 29.4 Å². The lowest BCUT2D eigenvalue weighted by atomic mass is 10.1. The van der Waals surface area contributed by atoms with Crippen molar-refractivity contribution < 1.29 is 9.52 Å². The van der Waals surface area contributed by atoms with Gasteiger partial charge in [0.25, 0.3) is 0 Å². The van der Waals surface area contributed by atoms with Crippen molar-refractivity contribution in [1.29, 1.82) is 0 Å². The van der Waals surface area contributed by atoms with Gasteiger partial charge in [-0.25, -0.2) is 4.79 Å². The summed E-state index contributed by atoms with van der Waals surface area (Å²) in [4.78, 5) is 11.4. The van der Waals surface area contributed by atoms with E-state index in [-0.39, 0.29) is 12.2 Å². The predicted molar refractivity (Wildman–Crippen MR) is 74.0 cm³/mol. The van der Waals surface area contributed by atoms with Crippen molar-refractivity contribution in [3.63, 3.8) is 0 Å². The van der Waals surface area contributed by atoms with E-state index in [9.17, 15) is 4.79 Å². The standard InChI is InChI=1S/C13H14O2.C2H6O/c1-3-5-10-6-4-7-11-8-9(2)13(14)15-12(10)11;1-2-3/h4,6-8H,3,5H2,1-2H3;3H,2H2,1H3. The predicted octanol–water partition coefficient (Wildman–Crippen LogP) is 3.05. The first-order chi connectivity index (χ1) is 8.63. The summed E-state index contributed by atoms with van der Waals surface area (Å²) in [6.45, 7) is 5.82. The molecule has 1 aromatic carbocycles. The smallest absolute Gasteiger partial charge is 0.339 e. The zero-order valence-electron chi connectivity index (χ0n) is 11.2. The number of fused-ring (bicyclic) bond motifs is 1. The molecule has 3 nitrogen and oxygen atoms in total. The van der Waals surface area contributed by atoms with E-state index >= 15 is 0 Å². The Morgan fingerprint density at radius 2 is 1.94 bits per heavy atom. The van der Waals surface area contributed by atoms with Gasteiger partial charge in [0.1, 0.15) is 5.58 Å². The van der Waals surface area contributed by atoms with Crippen LogP contribution in [-0.2, 0) is 6.42 Å². The molecule has 0 unspecified atom stereocenters. The first kappa shape index (κ1) is 14.5. The van der Waals surface area contributed by atoms with Gasteiger partial charge in [0.2, 0.25) is 0 Å². The fraction of sp³-hybridized carbons (Fsp3) is 0.400. The van der Waals surface area contributed by atoms with Gasteiger partial charge in [-0.2, -0.15) is 0 Å². The highest BCUT2D eigenvalue weighted by atomic mass is 16.4. The highest BCUT2D eigenvalue weighted by Crippen LogP contribution is 2.19. The highest BCUT2D eigenvalue weighted by molar-refractivity contribution is 5.80. The van der Waals surface area contributed by atoms with Crippen LogP contribution in [0.3, 0.4) is 0 Å². The molecule has 2 aromatic rings. The third-order valence-electron chi connectivity index (χ3n) is 2.54. The van der Waals surface area contributed by atoms with Crippen molar-refractivity contribution in [2.24, 2.45) is 0 Å². The Morgan fingerprint density at radius 3 is 2.56 bits per heavy atom. The summed E-state index contributed by atoms with van der Waals surface area (Å²) in [5.41, 5.74) is 2.30. The molecule has 2 rings (SSSR count). The zero-order chi connectivity index (χ0) is 13.5. The second-order valence-corrected chi connectivity index (χ2v) is 4.12. The normalized spacial score (nSPS) is 10.0. The number of aliphatic hydroxyl groups excluding tert-OH is 1. The minimum absolute atomic E-state index is 0.231. The number of aliphatic hydroxyl groups is 1. The summed E-state index contributed by atoms with van der Waals surface area (Å²) in [5.74, 6) is 0. The third-order valence-corrected chi connectivity index (χ3v) is 2.54. The zero-order valence-corrected chi connectivity index (χ0v) is 11.2. The van der Waals surface area contributed by atoms with E-state index in [1.807, 2.05) is 24.3 Å². The lowest BCUT2D eigenvalue weighted by Gasteiger charge is -2.03. The van der Waals surface area contributed by atoms with Crippen molar-refractivity contribution in [3.05, 3.63) is 45.8 Å². The average Bonchev–Trinajstić information content (AvgIpc) is 2.33. The van der Waals surface area contributed by atoms with E-state index in [4.69, 9.17) is 9.52 Å². The topological polar surface area (TPSA) is 50.4 Å². The monoisotopic (exact) mass is 248 g/mol. The number of hydrogen-bond acceptors (Lipinski definition) is 3. The number of hydrogen-bond donors (Lipinski definition) is 1. The number of para-hydroxylation sites is 1. The molecule has 0 atom stereocenters. The Bertz CT molecular complexity index is 555. The van der Waals surface area contributed by atoms with Crippen molar-refractivity contribution in [2.75, 3.05) is 6.61 Å². The number of benzene rings is 1. The van der Waals surface area contributed by atoms with Gasteiger partial charge in [-0.3, -0.25) is 0 Å². The Kier molecular flexibility index (Phi) is 5.59. The van der Waals surface area contributed by atoms with Gasteiger partial charge in [0.15, 0.2) is 0 Å². The maximum absolute atomic E-state index is 11.4. The molecule has 0 amide bonds. The molecule has 1 heterocycles. The summed E-state index contributed by atoms with van der Waals surface area (Å²) in [7, 11) is 0. The van der Waals surface area contributed by atoms with Gasteiger partial charge < -0.3 is 9.52 Å². The van der Waals surface area contributed by atoms with Gasteiger partial charge >= 0.3 is 5.63 Å². The molecule has 0 aliphatic rings. The van der Waals surface area contributed by atoms with Crippen LogP contribution in [0.5, 0.6) is 0 Å². The summed E-state index contributed by atoms with van der Waals surface area (Å²) >= 11 is 0. The van der Waals surface area contributed by atoms with Gasteiger partial charge in [-0.1, -0.05) is 31.5 Å². The van der Waals surface area contributed by atoms with Crippen LogP contribution in [0.25, 0.3) is 11.0 Å². The maximum atomic E-state index is 11.4. The lowest BCUT2D eigenvalue weighted by molar-refractivity contribution is 0.318. The van der Waals surface area contributed by atoms with Crippen LogP contribution in [0.1, 0.15) is 31.4 Å². The summed E-state index contributed by atoms with van der Waals surface area (Å²) in [6.07, 6.45) is 2.00. The Labute approximate surface area is 107 Å². The van der Waals surface area contributed by atoms with Crippen molar-refractivity contribution in [3.8, 4) is 0 Å². The summed E-state index contributed by atoms with van der Waals surface area (Å²) in [6, 6.07) is 7.89. The van der Waals surface area contributed by atoms with Crippen LogP contribution < -0.4 is 5.63 Å². The SMILES string of the molecule is CCCc1cccc2cc(C)c(=O)oc12.CCO. The Morgan fingerprint density at radius 1 is 1.28 bits per heavy atom. The molecule has 3 heteroatoms. The fourth-order valence-electron chi connectivity index (χ4n) is 1.77. The van der Waals surface area contributed by atoms with Crippen LogP contribution in [0.15, 0.2) is 33.5 Å². The van der Waals surface area contributed by atoms with Crippen LogP contribution in [0, 0.1) is 6.92 Å². The quantitative estimate of drug-likeness (QED) is 0.831. The Balaban J connectivity index is 0.000000492. The highest BCUT2D eigenvalue weighted by Gasteiger charge is 2.05. The molecular formula is C15H20O3. The fourth-order valence-corrected chi connectivity index (χ4v) is 1.77. The second kappa shape index (κ2) is 6.97. The third kappa shape index (κ3) is 3.44. The molecule has 98 valence electrons. The van der Waals surface area contributed by atoms with Crippen LogP contribution in [0.4, 0.5) is 0 Å². The molecule has 1 aromatic heterocycles. The first-order valence-electron chi connectivity index (χ1n) is 6.27.